The molecule has 4 nitrogen and oxygen atoms in total. The van der Waals surface area contributed by atoms with Crippen LogP contribution in [0, 0.1) is 0 Å². The van der Waals surface area contributed by atoms with Gasteiger partial charge in [-0.25, -0.2) is 0 Å². The third kappa shape index (κ3) is 5.37. The second kappa shape index (κ2) is 8.87. The molecule has 0 aliphatic carbocycles. The Labute approximate surface area is 156 Å². The van der Waals surface area contributed by atoms with E-state index in [-0.39, 0.29) is 11.0 Å². The van der Waals surface area contributed by atoms with Gasteiger partial charge in [-0.1, -0.05) is 42.3 Å². The molecule has 1 amide bonds. The number of thiocarbonyl (C=S) groups is 1. The third-order valence-corrected chi connectivity index (χ3v) is 3.58. The number of halogens is 2. The van der Waals surface area contributed by atoms with Gasteiger partial charge in [-0.3, -0.25) is 10.1 Å². The van der Waals surface area contributed by atoms with Crippen LogP contribution in [-0.2, 0) is 0 Å². The van der Waals surface area contributed by atoms with Crippen LogP contribution < -0.4 is 15.4 Å². The van der Waals surface area contributed by atoms with Crippen LogP contribution in [0.4, 0.5) is 5.69 Å². The first-order chi connectivity index (χ1) is 11.5. The number of para-hydroxylation sites is 1. The largest absolute Gasteiger partial charge is 0.493 e. The number of hydrogen-bond donors (Lipinski definition) is 2. The Morgan fingerprint density at radius 2 is 1.83 bits per heavy atom. The van der Waals surface area contributed by atoms with Crippen molar-refractivity contribution < 1.29 is 9.53 Å². The minimum absolute atomic E-state index is 0.142. The van der Waals surface area contributed by atoms with Crippen LogP contribution in [0.5, 0.6) is 5.75 Å². The maximum atomic E-state index is 12.4. The minimum Gasteiger partial charge on any atom is -0.493 e. The van der Waals surface area contributed by atoms with Gasteiger partial charge in [0.15, 0.2) is 5.11 Å². The number of amides is 1. The molecule has 0 fully saturated rings. The highest BCUT2D eigenvalue weighted by atomic mass is 35.5. The lowest BCUT2D eigenvalue weighted by molar-refractivity contribution is 0.0973. The van der Waals surface area contributed by atoms with Crippen molar-refractivity contribution in [2.45, 2.75) is 13.3 Å². The lowest BCUT2D eigenvalue weighted by Crippen LogP contribution is -2.34. The molecule has 2 aromatic carbocycles. The second-order valence-corrected chi connectivity index (χ2v) is 6.19. The van der Waals surface area contributed by atoms with E-state index in [1.165, 1.54) is 0 Å². The lowest BCUT2D eigenvalue weighted by atomic mass is 10.2. The van der Waals surface area contributed by atoms with E-state index in [1.54, 1.807) is 36.4 Å². The fourth-order valence-corrected chi connectivity index (χ4v) is 2.69. The Hall–Kier alpha value is -1.82. The first kappa shape index (κ1) is 18.5. The van der Waals surface area contributed by atoms with E-state index in [0.29, 0.717) is 33.7 Å². The molecule has 0 unspecified atom stereocenters. The monoisotopic (exact) mass is 382 g/mol. The molecule has 0 saturated heterocycles. The number of carbonyl (C=O) groups excluding carboxylic acids is 1. The fraction of sp³-hybridized carbons (Fsp3) is 0.176. The molecule has 2 aromatic rings. The molecule has 0 spiro atoms. The highest BCUT2D eigenvalue weighted by Crippen LogP contribution is 2.22. The van der Waals surface area contributed by atoms with Crippen LogP contribution in [0.1, 0.15) is 23.7 Å². The molecule has 2 rings (SSSR count). The number of carbonyl (C=O) groups is 1. The zero-order valence-electron chi connectivity index (χ0n) is 12.9. The molecule has 7 heteroatoms. The van der Waals surface area contributed by atoms with E-state index < -0.39 is 0 Å². The zero-order valence-corrected chi connectivity index (χ0v) is 15.3. The third-order valence-electron chi connectivity index (χ3n) is 2.94. The first-order valence-electron chi connectivity index (χ1n) is 7.30. The summed E-state index contributed by atoms with van der Waals surface area (Å²) in [4.78, 5) is 12.4. The van der Waals surface area contributed by atoms with Crippen LogP contribution in [0.2, 0.25) is 10.0 Å². The van der Waals surface area contributed by atoms with Gasteiger partial charge in [0.1, 0.15) is 5.75 Å². The summed E-state index contributed by atoms with van der Waals surface area (Å²) < 4.78 is 5.58. The van der Waals surface area contributed by atoms with E-state index >= 15 is 0 Å². The number of ether oxygens (including phenoxy) is 1. The van der Waals surface area contributed by atoms with Crippen molar-refractivity contribution in [1.29, 1.82) is 0 Å². The Morgan fingerprint density at radius 3 is 2.50 bits per heavy atom. The zero-order chi connectivity index (χ0) is 17.5. The molecule has 0 heterocycles. The Bertz CT molecular complexity index is 733. The van der Waals surface area contributed by atoms with Gasteiger partial charge in [0, 0.05) is 15.7 Å². The average molecular weight is 383 g/mol. The highest BCUT2D eigenvalue weighted by Gasteiger charge is 2.13. The van der Waals surface area contributed by atoms with Gasteiger partial charge in [-0.05, 0) is 49.0 Å². The molecule has 0 bridgehead atoms. The van der Waals surface area contributed by atoms with Gasteiger partial charge in [0.05, 0.1) is 12.2 Å². The van der Waals surface area contributed by atoms with E-state index in [0.717, 1.165) is 6.42 Å². The number of hydrogen-bond acceptors (Lipinski definition) is 3. The summed E-state index contributed by atoms with van der Waals surface area (Å²) in [6.45, 7) is 2.53. The lowest BCUT2D eigenvalue weighted by Gasteiger charge is -2.13. The topological polar surface area (TPSA) is 50.4 Å². The average Bonchev–Trinajstić information content (AvgIpc) is 2.52. The molecule has 0 aromatic heterocycles. The molecule has 0 radical (unpaired) electrons. The van der Waals surface area contributed by atoms with Crippen molar-refractivity contribution in [2.24, 2.45) is 0 Å². The normalized spacial score (nSPS) is 10.1. The predicted molar refractivity (Wildman–Crippen MR) is 102 cm³/mol. The Kier molecular flexibility index (Phi) is 6.85. The van der Waals surface area contributed by atoms with E-state index in [2.05, 4.69) is 10.6 Å². The van der Waals surface area contributed by atoms with Crippen LogP contribution in [0.15, 0.2) is 42.5 Å². The van der Waals surface area contributed by atoms with Crippen LogP contribution in [0.3, 0.4) is 0 Å². The summed E-state index contributed by atoms with van der Waals surface area (Å²) in [5.74, 6) is 0.165. The molecule has 0 aliphatic heterocycles. The van der Waals surface area contributed by atoms with Crippen molar-refractivity contribution in [3.05, 3.63) is 58.1 Å². The summed E-state index contributed by atoms with van der Waals surface area (Å²) in [6.07, 6.45) is 0.853. The van der Waals surface area contributed by atoms with E-state index in [9.17, 15) is 4.79 Å². The maximum Gasteiger partial charge on any atom is 0.261 e. The van der Waals surface area contributed by atoms with Crippen LogP contribution in [0.25, 0.3) is 0 Å². The minimum atomic E-state index is -0.354. The molecule has 0 atom stereocenters. The number of anilines is 1. The summed E-state index contributed by atoms with van der Waals surface area (Å²) in [7, 11) is 0. The highest BCUT2D eigenvalue weighted by molar-refractivity contribution is 7.80. The maximum absolute atomic E-state index is 12.4. The Morgan fingerprint density at radius 1 is 1.17 bits per heavy atom. The fourth-order valence-electron chi connectivity index (χ4n) is 1.95. The van der Waals surface area contributed by atoms with Gasteiger partial charge in [0.25, 0.3) is 5.91 Å². The second-order valence-electron chi connectivity index (χ2n) is 4.91. The van der Waals surface area contributed by atoms with Crippen molar-refractivity contribution in [1.82, 2.24) is 5.32 Å². The van der Waals surface area contributed by atoms with Crippen molar-refractivity contribution in [3.8, 4) is 5.75 Å². The number of benzene rings is 2. The molecule has 24 heavy (non-hydrogen) atoms. The molecule has 0 aliphatic rings. The van der Waals surface area contributed by atoms with E-state index in [1.807, 2.05) is 13.0 Å². The van der Waals surface area contributed by atoms with Crippen molar-refractivity contribution in [2.75, 3.05) is 11.9 Å². The molecular weight excluding hydrogens is 367 g/mol. The summed E-state index contributed by atoms with van der Waals surface area (Å²) in [5.41, 5.74) is 1.01. The number of nitrogens with one attached hydrogen (secondary N) is 2. The van der Waals surface area contributed by atoms with Crippen LogP contribution in [-0.4, -0.2) is 17.6 Å². The van der Waals surface area contributed by atoms with Gasteiger partial charge in [-0.2, -0.15) is 0 Å². The van der Waals surface area contributed by atoms with Crippen molar-refractivity contribution >= 4 is 52.1 Å². The van der Waals surface area contributed by atoms with Gasteiger partial charge >= 0.3 is 0 Å². The van der Waals surface area contributed by atoms with E-state index in [4.69, 9.17) is 40.2 Å². The number of rotatable bonds is 5. The SMILES string of the molecule is CCCOc1ccccc1C(=O)NC(=S)Nc1cc(Cl)cc(Cl)c1. The summed E-state index contributed by atoms with van der Waals surface area (Å²) in [5, 5.41) is 6.57. The standard InChI is InChI=1S/C17H16Cl2N2O2S/c1-2-7-23-15-6-4-3-5-14(15)16(22)21-17(24)20-13-9-11(18)8-12(19)10-13/h3-6,8-10H,2,7H2,1H3,(H2,20,21,22,24). The molecule has 126 valence electrons. The molecular formula is C17H16Cl2N2O2S. The van der Waals surface area contributed by atoms with Crippen molar-refractivity contribution in [3.63, 3.8) is 0 Å². The smallest absolute Gasteiger partial charge is 0.261 e. The Balaban J connectivity index is 2.05. The quantitative estimate of drug-likeness (QED) is 0.721. The summed E-state index contributed by atoms with van der Waals surface area (Å²) >= 11 is 17.0. The van der Waals surface area contributed by atoms with Gasteiger partial charge in [0.2, 0.25) is 0 Å². The predicted octanol–water partition coefficient (Wildman–Crippen LogP) is 4.91. The van der Waals surface area contributed by atoms with Gasteiger partial charge in [-0.15, -0.1) is 0 Å². The van der Waals surface area contributed by atoms with Crippen LogP contribution >= 0.6 is 35.4 Å². The molecule has 0 saturated carbocycles. The first-order valence-corrected chi connectivity index (χ1v) is 8.46. The van der Waals surface area contributed by atoms with Gasteiger partial charge < -0.3 is 10.1 Å². The summed E-state index contributed by atoms with van der Waals surface area (Å²) in [6, 6.07) is 11.9. The molecule has 2 N–H and O–H groups in total.